The van der Waals surface area contributed by atoms with Crippen LogP contribution in [0, 0.1) is 0 Å². The van der Waals surface area contributed by atoms with Gasteiger partial charge in [0.1, 0.15) is 0 Å². The lowest BCUT2D eigenvalue weighted by atomic mass is 10.2. The number of aliphatic imine (C=N–C) groups is 1. The normalized spacial score (nSPS) is 15.9. The third kappa shape index (κ3) is 4.83. The van der Waals surface area contributed by atoms with Crippen LogP contribution in [0.25, 0.3) is 0 Å². The Kier molecular flexibility index (Phi) is 5.25. The lowest BCUT2D eigenvalue weighted by molar-refractivity contribution is 0.554. The second-order valence-corrected chi connectivity index (χ2v) is 7.34. The first kappa shape index (κ1) is 15.2. The molecule has 0 radical (unpaired) electrons. The average molecular weight is 249 g/mol. The van der Waals surface area contributed by atoms with E-state index in [0.29, 0.717) is 5.96 Å². The van der Waals surface area contributed by atoms with E-state index in [-0.39, 0.29) is 12.6 Å². The van der Waals surface area contributed by atoms with E-state index < -0.39 is 14.6 Å². The molecular formula is C10H23N3O2S. The van der Waals surface area contributed by atoms with Crippen molar-refractivity contribution in [1.29, 1.82) is 0 Å². The molecule has 96 valence electrons. The predicted octanol–water partition coefficient (Wildman–Crippen LogP) is 0.512. The molecule has 0 spiro atoms. The molecule has 0 saturated heterocycles. The SMILES string of the molecule is CCC(C)NC(N)=NCC(C)(C)S(C)(=O)=O. The third-order valence-corrected chi connectivity index (χ3v) is 4.78. The highest BCUT2D eigenvalue weighted by molar-refractivity contribution is 7.92. The Hall–Kier alpha value is -0.780. The van der Waals surface area contributed by atoms with E-state index in [1.807, 2.05) is 13.8 Å². The van der Waals surface area contributed by atoms with Gasteiger partial charge in [-0.25, -0.2) is 8.42 Å². The molecule has 0 bridgehead atoms. The van der Waals surface area contributed by atoms with Crippen molar-refractivity contribution in [2.45, 2.75) is 44.9 Å². The van der Waals surface area contributed by atoms with Crippen molar-refractivity contribution in [1.82, 2.24) is 5.32 Å². The first-order valence-electron chi connectivity index (χ1n) is 5.36. The highest BCUT2D eigenvalue weighted by atomic mass is 32.2. The zero-order chi connectivity index (χ0) is 13.0. The molecule has 0 aliphatic rings. The van der Waals surface area contributed by atoms with Crippen LogP contribution in [0.3, 0.4) is 0 Å². The molecule has 0 aliphatic carbocycles. The number of guanidine groups is 1. The molecule has 0 saturated carbocycles. The summed E-state index contributed by atoms with van der Waals surface area (Å²) < 4.78 is 21.9. The minimum absolute atomic E-state index is 0.168. The maximum Gasteiger partial charge on any atom is 0.188 e. The summed E-state index contributed by atoms with van der Waals surface area (Å²) in [6.45, 7) is 7.47. The Morgan fingerprint density at radius 2 is 2.00 bits per heavy atom. The number of hydrogen-bond donors (Lipinski definition) is 2. The number of sulfone groups is 1. The minimum Gasteiger partial charge on any atom is -0.370 e. The monoisotopic (exact) mass is 249 g/mol. The molecule has 0 aromatic heterocycles. The fraction of sp³-hybridized carbons (Fsp3) is 0.900. The van der Waals surface area contributed by atoms with Crippen molar-refractivity contribution in [2.75, 3.05) is 12.8 Å². The van der Waals surface area contributed by atoms with Crippen LogP contribution in [0.1, 0.15) is 34.1 Å². The van der Waals surface area contributed by atoms with E-state index in [9.17, 15) is 8.42 Å². The lowest BCUT2D eigenvalue weighted by Crippen LogP contribution is -2.40. The summed E-state index contributed by atoms with van der Waals surface area (Å²) in [5.41, 5.74) is 5.64. The fourth-order valence-electron chi connectivity index (χ4n) is 0.793. The minimum atomic E-state index is -3.12. The molecule has 0 aromatic rings. The lowest BCUT2D eigenvalue weighted by Gasteiger charge is -2.20. The van der Waals surface area contributed by atoms with Gasteiger partial charge in [-0.15, -0.1) is 0 Å². The van der Waals surface area contributed by atoms with Gasteiger partial charge in [-0.1, -0.05) is 6.92 Å². The van der Waals surface area contributed by atoms with E-state index in [2.05, 4.69) is 10.3 Å². The topological polar surface area (TPSA) is 84.5 Å². The smallest absolute Gasteiger partial charge is 0.188 e. The standard InChI is InChI=1S/C10H23N3O2S/c1-6-8(2)13-9(11)12-7-10(3,4)16(5,14)15/h8H,6-7H2,1-5H3,(H3,11,12,13). The van der Waals surface area contributed by atoms with Crippen molar-refractivity contribution >= 4 is 15.8 Å². The first-order valence-corrected chi connectivity index (χ1v) is 7.25. The summed E-state index contributed by atoms with van der Waals surface area (Å²) in [7, 11) is -3.12. The number of nitrogens with zero attached hydrogens (tertiary/aromatic N) is 1. The quantitative estimate of drug-likeness (QED) is 0.549. The first-order chi connectivity index (χ1) is 7.10. The van der Waals surface area contributed by atoms with Crippen LogP contribution < -0.4 is 11.1 Å². The Labute approximate surface area is 98.4 Å². The summed E-state index contributed by atoms with van der Waals surface area (Å²) in [6.07, 6.45) is 2.15. The van der Waals surface area contributed by atoms with E-state index in [1.165, 1.54) is 6.26 Å². The zero-order valence-electron chi connectivity index (χ0n) is 10.7. The summed E-state index contributed by atoms with van der Waals surface area (Å²) >= 11 is 0. The molecule has 0 rings (SSSR count). The molecular weight excluding hydrogens is 226 g/mol. The van der Waals surface area contributed by atoms with Gasteiger partial charge in [0, 0.05) is 12.3 Å². The van der Waals surface area contributed by atoms with Gasteiger partial charge in [0.15, 0.2) is 15.8 Å². The van der Waals surface area contributed by atoms with Gasteiger partial charge in [0.25, 0.3) is 0 Å². The second kappa shape index (κ2) is 5.52. The van der Waals surface area contributed by atoms with Gasteiger partial charge in [0.05, 0.1) is 11.3 Å². The molecule has 6 heteroatoms. The Morgan fingerprint density at radius 1 is 1.50 bits per heavy atom. The van der Waals surface area contributed by atoms with E-state index in [4.69, 9.17) is 5.73 Å². The molecule has 5 nitrogen and oxygen atoms in total. The Balaban J connectivity index is 4.48. The summed E-state index contributed by atoms with van der Waals surface area (Å²) in [5, 5.41) is 2.99. The number of nitrogens with two attached hydrogens (primary N) is 1. The molecule has 3 N–H and O–H groups in total. The van der Waals surface area contributed by atoms with Gasteiger partial charge >= 0.3 is 0 Å². The largest absolute Gasteiger partial charge is 0.370 e. The van der Waals surface area contributed by atoms with Crippen molar-refractivity contribution in [3.63, 3.8) is 0 Å². The van der Waals surface area contributed by atoms with E-state index >= 15 is 0 Å². The Morgan fingerprint density at radius 3 is 2.38 bits per heavy atom. The highest BCUT2D eigenvalue weighted by Gasteiger charge is 2.29. The molecule has 0 aliphatic heterocycles. The predicted molar refractivity (Wildman–Crippen MR) is 68.3 cm³/mol. The van der Waals surface area contributed by atoms with Gasteiger partial charge in [-0.2, -0.15) is 0 Å². The number of hydrogen-bond acceptors (Lipinski definition) is 3. The van der Waals surface area contributed by atoms with Gasteiger partial charge < -0.3 is 11.1 Å². The van der Waals surface area contributed by atoms with Crippen LogP contribution >= 0.6 is 0 Å². The van der Waals surface area contributed by atoms with Crippen LogP contribution in [0.15, 0.2) is 4.99 Å². The average Bonchev–Trinajstić information content (AvgIpc) is 2.13. The van der Waals surface area contributed by atoms with Crippen molar-refractivity contribution < 1.29 is 8.42 Å². The van der Waals surface area contributed by atoms with Crippen molar-refractivity contribution in [2.24, 2.45) is 10.7 Å². The van der Waals surface area contributed by atoms with Crippen molar-refractivity contribution in [3.8, 4) is 0 Å². The van der Waals surface area contributed by atoms with Crippen molar-refractivity contribution in [3.05, 3.63) is 0 Å². The molecule has 1 atom stereocenters. The maximum absolute atomic E-state index is 11.4. The van der Waals surface area contributed by atoms with E-state index in [0.717, 1.165) is 6.42 Å². The third-order valence-electron chi connectivity index (χ3n) is 2.64. The number of rotatable bonds is 5. The van der Waals surface area contributed by atoms with Gasteiger partial charge in [-0.05, 0) is 27.2 Å². The summed E-state index contributed by atoms with van der Waals surface area (Å²) in [5.74, 6) is 0.297. The zero-order valence-corrected chi connectivity index (χ0v) is 11.6. The van der Waals surface area contributed by atoms with E-state index in [1.54, 1.807) is 13.8 Å². The molecule has 1 unspecified atom stereocenters. The van der Waals surface area contributed by atoms with Gasteiger partial charge in [-0.3, -0.25) is 4.99 Å². The molecule has 0 heterocycles. The molecule has 16 heavy (non-hydrogen) atoms. The highest BCUT2D eigenvalue weighted by Crippen LogP contribution is 2.14. The molecule has 0 aromatic carbocycles. The fourth-order valence-corrected chi connectivity index (χ4v) is 1.09. The summed E-state index contributed by atoms with van der Waals surface area (Å²) in [4.78, 5) is 4.05. The summed E-state index contributed by atoms with van der Waals surface area (Å²) in [6, 6.07) is 0.241. The van der Waals surface area contributed by atoms with Crippen LogP contribution in [0.4, 0.5) is 0 Å². The van der Waals surface area contributed by atoms with Crippen LogP contribution in [-0.4, -0.2) is 38.0 Å². The van der Waals surface area contributed by atoms with Crippen LogP contribution in [-0.2, 0) is 9.84 Å². The molecule has 0 amide bonds. The molecule has 0 fully saturated rings. The van der Waals surface area contributed by atoms with Crippen LogP contribution in [0.5, 0.6) is 0 Å². The second-order valence-electron chi connectivity index (χ2n) is 4.69. The number of nitrogens with one attached hydrogen (secondary N) is 1. The van der Waals surface area contributed by atoms with Crippen LogP contribution in [0.2, 0.25) is 0 Å². The Bertz CT molecular complexity index is 347. The maximum atomic E-state index is 11.4. The van der Waals surface area contributed by atoms with Gasteiger partial charge in [0.2, 0.25) is 0 Å².